The smallest absolute Gasteiger partial charge is 0.254 e. The highest BCUT2D eigenvalue weighted by Crippen LogP contribution is 2.27. The zero-order valence-electron chi connectivity index (χ0n) is 10.3. The summed E-state index contributed by atoms with van der Waals surface area (Å²) in [5.74, 6) is 0.0947. The first-order valence-electron chi connectivity index (χ1n) is 5.89. The topological polar surface area (TPSA) is 37.4 Å². The minimum absolute atomic E-state index is 0.0522. The Morgan fingerprint density at radius 2 is 1.88 bits per heavy atom. The Kier molecular flexibility index (Phi) is 3.01. The Labute approximate surface area is 101 Å². The number of carbonyl (C=O) groups excluding carboxylic acids is 2. The Morgan fingerprint density at radius 1 is 1.24 bits per heavy atom. The molecule has 1 aromatic carbocycles. The Morgan fingerprint density at radius 3 is 2.53 bits per heavy atom. The average molecular weight is 231 g/mol. The molecule has 0 unspecified atom stereocenters. The molecule has 0 radical (unpaired) electrons. The van der Waals surface area contributed by atoms with Crippen LogP contribution in [0.1, 0.15) is 37.0 Å². The fourth-order valence-corrected chi connectivity index (χ4v) is 2.13. The standard InChI is InChI=1S/C14H17NO2/c1-14(2)9-8-12(16)10-15(14)13(17)11-6-4-3-5-7-11/h3-7H,8-10H2,1-2H3. The third-order valence-electron chi connectivity index (χ3n) is 3.35. The van der Waals surface area contributed by atoms with E-state index in [1.165, 1.54) is 0 Å². The van der Waals surface area contributed by atoms with Gasteiger partial charge in [-0.1, -0.05) is 18.2 Å². The summed E-state index contributed by atoms with van der Waals surface area (Å²) in [7, 11) is 0. The first-order chi connectivity index (χ1) is 8.00. The molecule has 0 aromatic heterocycles. The van der Waals surface area contributed by atoms with E-state index >= 15 is 0 Å². The Bertz CT molecular complexity index is 437. The van der Waals surface area contributed by atoms with Gasteiger partial charge >= 0.3 is 0 Å². The third kappa shape index (κ3) is 2.38. The summed E-state index contributed by atoms with van der Waals surface area (Å²) in [5, 5.41) is 0. The molecule has 1 heterocycles. The van der Waals surface area contributed by atoms with Gasteiger partial charge in [0.15, 0.2) is 5.78 Å². The Hall–Kier alpha value is -1.64. The molecule has 1 fully saturated rings. The van der Waals surface area contributed by atoms with Crippen molar-refractivity contribution in [2.45, 2.75) is 32.2 Å². The molecule has 90 valence electrons. The molecule has 0 atom stereocenters. The number of carbonyl (C=O) groups is 2. The number of benzene rings is 1. The molecule has 0 aliphatic carbocycles. The summed E-state index contributed by atoms with van der Waals surface area (Å²) < 4.78 is 0. The Balaban J connectivity index is 2.26. The first-order valence-corrected chi connectivity index (χ1v) is 5.89. The number of hydrogen-bond acceptors (Lipinski definition) is 2. The van der Waals surface area contributed by atoms with Crippen molar-refractivity contribution in [3.8, 4) is 0 Å². The van der Waals surface area contributed by atoms with Crippen molar-refractivity contribution in [2.75, 3.05) is 6.54 Å². The number of hydrogen-bond donors (Lipinski definition) is 0. The van der Waals surface area contributed by atoms with Gasteiger partial charge in [-0.3, -0.25) is 9.59 Å². The van der Waals surface area contributed by atoms with Gasteiger partial charge in [0.05, 0.1) is 6.54 Å². The van der Waals surface area contributed by atoms with E-state index in [-0.39, 0.29) is 23.8 Å². The van der Waals surface area contributed by atoms with E-state index in [1.807, 2.05) is 32.0 Å². The zero-order chi connectivity index (χ0) is 12.5. The van der Waals surface area contributed by atoms with Crippen LogP contribution in [0.2, 0.25) is 0 Å². The molecule has 1 amide bonds. The fourth-order valence-electron chi connectivity index (χ4n) is 2.13. The molecule has 3 nitrogen and oxygen atoms in total. The van der Waals surface area contributed by atoms with Gasteiger partial charge in [-0.2, -0.15) is 0 Å². The van der Waals surface area contributed by atoms with E-state index in [4.69, 9.17) is 0 Å². The lowest BCUT2D eigenvalue weighted by molar-refractivity contribution is -0.124. The summed E-state index contributed by atoms with van der Waals surface area (Å²) >= 11 is 0. The predicted octanol–water partition coefficient (Wildman–Crippen LogP) is 2.27. The third-order valence-corrected chi connectivity index (χ3v) is 3.35. The van der Waals surface area contributed by atoms with E-state index < -0.39 is 0 Å². The van der Waals surface area contributed by atoms with Crippen molar-refractivity contribution in [1.82, 2.24) is 4.90 Å². The minimum Gasteiger partial charge on any atom is -0.326 e. The van der Waals surface area contributed by atoms with Crippen molar-refractivity contribution in [1.29, 1.82) is 0 Å². The molecule has 17 heavy (non-hydrogen) atoms. The summed E-state index contributed by atoms with van der Waals surface area (Å²) in [6.45, 7) is 4.27. The monoisotopic (exact) mass is 231 g/mol. The molecule has 0 N–H and O–H groups in total. The van der Waals surface area contributed by atoms with Gasteiger partial charge in [-0.05, 0) is 32.4 Å². The second-order valence-electron chi connectivity index (χ2n) is 5.11. The maximum absolute atomic E-state index is 12.3. The van der Waals surface area contributed by atoms with Gasteiger partial charge in [-0.15, -0.1) is 0 Å². The van der Waals surface area contributed by atoms with Crippen LogP contribution in [-0.2, 0) is 4.79 Å². The highest BCUT2D eigenvalue weighted by Gasteiger charge is 2.36. The zero-order valence-corrected chi connectivity index (χ0v) is 10.3. The van der Waals surface area contributed by atoms with E-state index in [0.29, 0.717) is 12.0 Å². The highest BCUT2D eigenvalue weighted by molar-refractivity contribution is 5.97. The molecule has 3 heteroatoms. The van der Waals surface area contributed by atoms with Crippen LogP contribution in [0.4, 0.5) is 0 Å². The van der Waals surface area contributed by atoms with Crippen molar-refractivity contribution in [3.05, 3.63) is 35.9 Å². The van der Waals surface area contributed by atoms with Crippen LogP contribution in [0.15, 0.2) is 30.3 Å². The largest absolute Gasteiger partial charge is 0.326 e. The van der Waals surface area contributed by atoms with E-state index in [0.717, 1.165) is 6.42 Å². The molecule has 2 rings (SSSR count). The van der Waals surface area contributed by atoms with Crippen molar-refractivity contribution in [2.24, 2.45) is 0 Å². The normalized spacial score (nSPS) is 19.2. The average Bonchev–Trinajstić information content (AvgIpc) is 2.33. The molecular weight excluding hydrogens is 214 g/mol. The van der Waals surface area contributed by atoms with Gasteiger partial charge < -0.3 is 4.90 Å². The summed E-state index contributed by atoms with van der Waals surface area (Å²) in [5.41, 5.74) is 0.413. The molecular formula is C14H17NO2. The quantitative estimate of drug-likeness (QED) is 0.743. The van der Waals surface area contributed by atoms with Crippen LogP contribution in [0.25, 0.3) is 0 Å². The fraction of sp³-hybridized carbons (Fsp3) is 0.429. The summed E-state index contributed by atoms with van der Waals surface area (Å²) in [6.07, 6.45) is 1.32. The maximum atomic E-state index is 12.3. The van der Waals surface area contributed by atoms with Gasteiger partial charge in [0.2, 0.25) is 0 Å². The molecule has 1 saturated heterocycles. The van der Waals surface area contributed by atoms with Crippen molar-refractivity contribution < 1.29 is 9.59 Å². The van der Waals surface area contributed by atoms with Gasteiger partial charge in [0.25, 0.3) is 5.91 Å². The second-order valence-corrected chi connectivity index (χ2v) is 5.11. The van der Waals surface area contributed by atoms with Crippen LogP contribution in [0.5, 0.6) is 0 Å². The number of rotatable bonds is 1. The molecule has 0 spiro atoms. The van der Waals surface area contributed by atoms with Gasteiger partial charge in [0.1, 0.15) is 0 Å². The molecule has 0 saturated carbocycles. The lowest BCUT2D eigenvalue weighted by Crippen LogP contribution is -2.53. The number of nitrogens with zero attached hydrogens (tertiary/aromatic N) is 1. The molecule has 1 aromatic rings. The van der Waals surface area contributed by atoms with Crippen LogP contribution >= 0.6 is 0 Å². The predicted molar refractivity (Wildman–Crippen MR) is 65.8 cm³/mol. The molecule has 0 bridgehead atoms. The summed E-state index contributed by atoms with van der Waals surface area (Å²) in [6, 6.07) is 9.14. The van der Waals surface area contributed by atoms with Crippen LogP contribution in [0, 0.1) is 0 Å². The number of Topliss-reactive ketones (excluding diaryl/α,β-unsaturated/α-hetero) is 1. The van der Waals surface area contributed by atoms with Gasteiger partial charge in [0, 0.05) is 17.5 Å². The maximum Gasteiger partial charge on any atom is 0.254 e. The highest BCUT2D eigenvalue weighted by atomic mass is 16.2. The molecule has 1 aliphatic rings. The van der Waals surface area contributed by atoms with Crippen LogP contribution in [0.3, 0.4) is 0 Å². The first kappa shape index (κ1) is 11.8. The van der Waals surface area contributed by atoms with Crippen molar-refractivity contribution in [3.63, 3.8) is 0 Å². The SMILES string of the molecule is CC1(C)CCC(=O)CN1C(=O)c1ccccc1. The van der Waals surface area contributed by atoms with Crippen LogP contribution < -0.4 is 0 Å². The van der Waals surface area contributed by atoms with E-state index in [2.05, 4.69) is 0 Å². The minimum atomic E-state index is -0.235. The van der Waals surface area contributed by atoms with Gasteiger partial charge in [-0.25, -0.2) is 0 Å². The number of likely N-dealkylation sites (tertiary alicyclic amines) is 1. The number of piperidine rings is 1. The number of amides is 1. The summed E-state index contributed by atoms with van der Waals surface area (Å²) in [4.78, 5) is 25.5. The lowest BCUT2D eigenvalue weighted by atomic mass is 9.89. The molecule has 1 aliphatic heterocycles. The number of ketones is 1. The lowest BCUT2D eigenvalue weighted by Gasteiger charge is -2.41. The van der Waals surface area contributed by atoms with E-state index in [1.54, 1.807) is 17.0 Å². The van der Waals surface area contributed by atoms with E-state index in [9.17, 15) is 9.59 Å². The van der Waals surface area contributed by atoms with Crippen LogP contribution in [-0.4, -0.2) is 28.7 Å². The van der Waals surface area contributed by atoms with Crippen molar-refractivity contribution >= 4 is 11.7 Å². The second kappa shape index (κ2) is 4.32.